The van der Waals surface area contributed by atoms with E-state index in [9.17, 15) is 4.79 Å². The Morgan fingerprint density at radius 2 is 2.25 bits per heavy atom. The second-order valence-electron chi connectivity index (χ2n) is 6.47. The Hall–Kier alpha value is -1.59. The number of thiophene rings is 1. The molecule has 4 nitrogen and oxygen atoms in total. The number of carbonyl (C=O) groups is 1. The molecule has 0 N–H and O–H groups in total. The fourth-order valence-corrected chi connectivity index (χ4v) is 4.81. The summed E-state index contributed by atoms with van der Waals surface area (Å²) in [5.41, 5.74) is 1.32. The zero-order valence-electron chi connectivity index (χ0n) is 13.4. The van der Waals surface area contributed by atoms with Crippen molar-refractivity contribution in [3.05, 3.63) is 45.2 Å². The summed E-state index contributed by atoms with van der Waals surface area (Å²) in [6, 6.07) is 5.85. The molecular weight excluding hydrogens is 342 g/mol. The maximum absolute atomic E-state index is 13.0. The van der Waals surface area contributed by atoms with Gasteiger partial charge in [0.25, 0.3) is 0 Å². The Balaban J connectivity index is 1.46. The Labute approximate surface area is 151 Å². The van der Waals surface area contributed by atoms with Crippen LogP contribution in [0.1, 0.15) is 23.3 Å². The first-order chi connectivity index (χ1) is 11.7. The minimum atomic E-state index is 0.0389. The van der Waals surface area contributed by atoms with Gasteiger partial charge in [0.05, 0.1) is 10.9 Å². The largest absolute Gasteiger partial charge is 0.355 e. The van der Waals surface area contributed by atoms with Crippen LogP contribution in [0.2, 0.25) is 5.02 Å². The van der Waals surface area contributed by atoms with E-state index in [0.29, 0.717) is 11.6 Å². The van der Waals surface area contributed by atoms with E-state index in [4.69, 9.17) is 11.6 Å². The van der Waals surface area contributed by atoms with Gasteiger partial charge in [0.15, 0.2) is 0 Å². The first kappa shape index (κ1) is 15.9. The number of fused-ring (bicyclic) bond motifs is 1. The number of aromatic nitrogens is 1. The Morgan fingerprint density at radius 3 is 3.12 bits per heavy atom. The Morgan fingerprint density at radius 1 is 1.33 bits per heavy atom. The number of hydrogen-bond donors (Lipinski definition) is 0. The van der Waals surface area contributed by atoms with Gasteiger partial charge >= 0.3 is 0 Å². The minimum Gasteiger partial charge on any atom is -0.355 e. The zero-order valence-corrected chi connectivity index (χ0v) is 15.0. The van der Waals surface area contributed by atoms with E-state index in [1.807, 2.05) is 17.0 Å². The molecule has 2 aliphatic heterocycles. The van der Waals surface area contributed by atoms with Gasteiger partial charge in [-0.05, 0) is 48.4 Å². The lowest BCUT2D eigenvalue weighted by Crippen LogP contribution is -2.46. The highest BCUT2D eigenvalue weighted by Crippen LogP contribution is 2.30. The highest BCUT2D eigenvalue weighted by Gasteiger charge is 2.32. The maximum Gasteiger partial charge on any atom is 0.227 e. The third kappa shape index (κ3) is 3.03. The van der Waals surface area contributed by atoms with Crippen molar-refractivity contribution >= 4 is 34.7 Å². The SMILES string of the molecule is O=C(C1CCCN(c2ncccc2Cl)C1)N1CCc2sccc2C1. The average molecular weight is 362 g/mol. The molecule has 2 aliphatic rings. The molecule has 126 valence electrons. The minimum absolute atomic E-state index is 0.0389. The molecule has 2 aromatic heterocycles. The van der Waals surface area contributed by atoms with Gasteiger partial charge in [0.1, 0.15) is 5.82 Å². The molecular formula is C18H20ClN3OS. The van der Waals surface area contributed by atoms with Gasteiger partial charge < -0.3 is 9.80 Å². The van der Waals surface area contributed by atoms with Gasteiger partial charge in [-0.3, -0.25) is 4.79 Å². The van der Waals surface area contributed by atoms with E-state index in [1.165, 1.54) is 10.4 Å². The van der Waals surface area contributed by atoms with Crippen LogP contribution >= 0.6 is 22.9 Å². The predicted molar refractivity (Wildman–Crippen MR) is 97.6 cm³/mol. The van der Waals surface area contributed by atoms with Crippen LogP contribution in [0.4, 0.5) is 5.82 Å². The van der Waals surface area contributed by atoms with Gasteiger partial charge in [0.2, 0.25) is 5.91 Å². The van der Waals surface area contributed by atoms with Crippen LogP contribution < -0.4 is 4.90 Å². The number of hydrogen-bond acceptors (Lipinski definition) is 4. The van der Waals surface area contributed by atoms with Crippen LogP contribution in [-0.4, -0.2) is 35.4 Å². The summed E-state index contributed by atoms with van der Waals surface area (Å²) in [5.74, 6) is 1.12. The van der Waals surface area contributed by atoms with E-state index in [2.05, 4.69) is 21.3 Å². The van der Waals surface area contributed by atoms with E-state index in [1.54, 1.807) is 17.5 Å². The zero-order chi connectivity index (χ0) is 16.5. The van der Waals surface area contributed by atoms with Crippen molar-refractivity contribution in [3.8, 4) is 0 Å². The van der Waals surface area contributed by atoms with Crippen LogP contribution in [0.25, 0.3) is 0 Å². The molecule has 0 bridgehead atoms. The number of pyridine rings is 1. The van der Waals surface area contributed by atoms with Crippen LogP contribution in [0.5, 0.6) is 0 Å². The molecule has 0 aromatic carbocycles. The standard InChI is InChI=1S/C18H20ClN3OS/c19-15-4-1-7-20-17(15)21-8-2-3-14(12-21)18(23)22-9-5-16-13(11-22)6-10-24-16/h1,4,6-7,10,14H,2-3,5,8-9,11-12H2. The first-order valence-electron chi connectivity index (χ1n) is 8.42. The normalized spacial score (nSPS) is 20.8. The van der Waals surface area contributed by atoms with Crippen molar-refractivity contribution in [3.63, 3.8) is 0 Å². The smallest absolute Gasteiger partial charge is 0.227 e. The molecule has 1 unspecified atom stereocenters. The number of amides is 1. The van der Waals surface area contributed by atoms with Crippen molar-refractivity contribution < 1.29 is 4.79 Å². The summed E-state index contributed by atoms with van der Waals surface area (Å²) >= 11 is 8.08. The van der Waals surface area contributed by atoms with Crippen molar-refractivity contribution in [2.75, 3.05) is 24.5 Å². The van der Waals surface area contributed by atoms with Crippen molar-refractivity contribution in [2.24, 2.45) is 5.92 Å². The van der Waals surface area contributed by atoms with E-state index < -0.39 is 0 Å². The number of piperidine rings is 1. The average Bonchev–Trinajstić information content (AvgIpc) is 3.09. The van der Waals surface area contributed by atoms with Gasteiger partial charge in [0, 0.05) is 37.3 Å². The molecule has 6 heteroatoms. The van der Waals surface area contributed by atoms with Crippen molar-refractivity contribution in [1.82, 2.24) is 9.88 Å². The topological polar surface area (TPSA) is 36.4 Å². The van der Waals surface area contributed by atoms with Gasteiger partial charge in [-0.1, -0.05) is 11.6 Å². The lowest BCUT2D eigenvalue weighted by atomic mass is 9.95. The summed E-state index contributed by atoms with van der Waals surface area (Å²) in [7, 11) is 0. The summed E-state index contributed by atoms with van der Waals surface area (Å²) in [5, 5.41) is 2.79. The lowest BCUT2D eigenvalue weighted by molar-refractivity contribution is -0.136. The molecule has 2 aromatic rings. The molecule has 0 spiro atoms. The molecule has 1 fully saturated rings. The molecule has 0 aliphatic carbocycles. The van der Waals surface area contributed by atoms with Crippen LogP contribution in [0.3, 0.4) is 0 Å². The molecule has 4 rings (SSSR count). The van der Waals surface area contributed by atoms with Crippen LogP contribution in [0, 0.1) is 5.92 Å². The molecule has 0 saturated carbocycles. The summed E-state index contributed by atoms with van der Waals surface area (Å²) in [6.07, 6.45) is 4.70. The summed E-state index contributed by atoms with van der Waals surface area (Å²) in [6.45, 7) is 3.23. The molecule has 1 atom stereocenters. The number of carbonyl (C=O) groups excluding carboxylic acids is 1. The monoisotopic (exact) mass is 361 g/mol. The van der Waals surface area contributed by atoms with Gasteiger partial charge in [-0.15, -0.1) is 11.3 Å². The van der Waals surface area contributed by atoms with E-state index in [0.717, 1.165) is 44.7 Å². The highest BCUT2D eigenvalue weighted by molar-refractivity contribution is 7.10. The van der Waals surface area contributed by atoms with Crippen molar-refractivity contribution in [1.29, 1.82) is 0 Å². The number of nitrogens with zero attached hydrogens (tertiary/aromatic N) is 3. The van der Waals surface area contributed by atoms with Crippen LogP contribution in [0.15, 0.2) is 29.8 Å². The third-order valence-corrected chi connectivity index (χ3v) is 6.25. The maximum atomic E-state index is 13.0. The molecule has 1 amide bonds. The molecule has 0 radical (unpaired) electrons. The summed E-state index contributed by atoms with van der Waals surface area (Å²) in [4.78, 5) is 23.0. The fourth-order valence-electron chi connectivity index (χ4n) is 3.68. The Kier molecular flexibility index (Phi) is 4.46. The molecule has 24 heavy (non-hydrogen) atoms. The van der Waals surface area contributed by atoms with Crippen LogP contribution in [-0.2, 0) is 17.8 Å². The first-order valence-corrected chi connectivity index (χ1v) is 9.67. The number of anilines is 1. The molecule has 4 heterocycles. The number of rotatable bonds is 2. The third-order valence-electron chi connectivity index (χ3n) is 4.93. The lowest BCUT2D eigenvalue weighted by Gasteiger charge is -2.37. The predicted octanol–water partition coefficient (Wildman–Crippen LogP) is 3.60. The van der Waals surface area contributed by atoms with E-state index in [-0.39, 0.29) is 11.8 Å². The fraction of sp³-hybridized carbons (Fsp3) is 0.444. The second-order valence-corrected chi connectivity index (χ2v) is 7.88. The van der Waals surface area contributed by atoms with Crippen molar-refractivity contribution in [2.45, 2.75) is 25.8 Å². The second kappa shape index (κ2) is 6.73. The molecule has 1 saturated heterocycles. The van der Waals surface area contributed by atoms with Gasteiger partial charge in [-0.2, -0.15) is 0 Å². The van der Waals surface area contributed by atoms with E-state index >= 15 is 0 Å². The van der Waals surface area contributed by atoms with Gasteiger partial charge in [-0.25, -0.2) is 4.98 Å². The number of halogens is 1. The Bertz CT molecular complexity index is 747. The quantitative estimate of drug-likeness (QED) is 0.820. The highest BCUT2D eigenvalue weighted by atomic mass is 35.5. The summed E-state index contributed by atoms with van der Waals surface area (Å²) < 4.78 is 0.